The second-order valence-electron chi connectivity index (χ2n) is 7.02. The zero-order valence-corrected chi connectivity index (χ0v) is 14.6. The number of fused-ring (bicyclic) bond motifs is 5. The Labute approximate surface area is 149 Å². The van der Waals surface area contributed by atoms with Crippen LogP contribution in [-0.4, -0.2) is 6.71 Å². The number of aromatic nitrogens is 1. The quantitative estimate of drug-likeness (QED) is 0.493. The summed E-state index contributed by atoms with van der Waals surface area (Å²) in [6, 6.07) is 21.9. The van der Waals surface area contributed by atoms with Crippen molar-refractivity contribution in [3.63, 3.8) is 0 Å². The van der Waals surface area contributed by atoms with E-state index in [-0.39, 0.29) is 0 Å². The summed E-state index contributed by atoms with van der Waals surface area (Å²) in [6.07, 6.45) is 2.17. The first-order valence-corrected chi connectivity index (χ1v) is 8.88. The summed E-state index contributed by atoms with van der Waals surface area (Å²) in [6.45, 7) is 5.71. The fourth-order valence-electron chi connectivity index (χ4n) is 4.39. The Balaban J connectivity index is 1.76. The molecule has 2 aliphatic heterocycles. The van der Waals surface area contributed by atoms with Crippen LogP contribution in [0.2, 0.25) is 0 Å². The molecule has 2 nitrogen and oxygen atoms in total. The Morgan fingerprint density at radius 2 is 1.64 bits per heavy atom. The third-order valence-electron chi connectivity index (χ3n) is 5.49. The van der Waals surface area contributed by atoms with Gasteiger partial charge in [-0.25, -0.2) is 4.57 Å². The first-order valence-electron chi connectivity index (χ1n) is 8.88. The molecule has 1 aromatic heterocycles. The molecule has 120 valence electrons. The lowest BCUT2D eigenvalue weighted by Gasteiger charge is -2.26. The lowest BCUT2D eigenvalue weighted by atomic mass is 9.37. The summed E-state index contributed by atoms with van der Waals surface area (Å²) >= 11 is 0. The van der Waals surface area contributed by atoms with Crippen molar-refractivity contribution in [1.82, 2.24) is 0 Å². The maximum Gasteiger partial charge on any atom is 0.287 e. The van der Waals surface area contributed by atoms with E-state index in [0.717, 1.165) is 6.54 Å². The Morgan fingerprint density at radius 1 is 0.880 bits per heavy atom. The molecule has 0 fully saturated rings. The lowest BCUT2D eigenvalue weighted by Crippen LogP contribution is -2.48. The number of para-hydroxylation sites is 1. The fourth-order valence-corrected chi connectivity index (χ4v) is 4.39. The van der Waals surface area contributed by atoms with Crippen molar-refractivity contribution in [3.05, 3.63) is 89.7 Å². The Hall–Kier alpha value is -2.81. The molecule has 0 amide bonds. The van der Waals surface area contributed by atoms with Crippen molar-refractivity contribution < 1.29 is 4.57 Å². The van der Waals surface area contributed by atoms with Crippen molar-refractivity contribution in [2.45, 2.75) is 20.4 Å². The van der Waals surface area contributed by atoms with E-state index in [1.807, 2.05) is 0 Å². The third-order valence-corrected chi connectivity index (χ3v) is 5.49. The highest BCUT2D eigenvalue weighted by molar-refractivity contribution is 6.91. The van der Waals surface area contributed by atoms with E-state index in [0.29, 0.717) is 6.71 Å². The number of benzene rings is 2. The second kappa shape index (κ2) is 5.35. The van der Waals surface area contributed by atoms with Gasteiger partial charge in [-0.2, -0.15) is 4.90 Å². The normalized spacial score (nSPS) is 14.7. The van der Waals surface area contributed by atoms with Crippen molar-refractivity contribution in [3.8, 4) is 0 Å². The van der Waals surface area contributed by atoms with E-state index < -0.39 is 0 Å². The molecule has 0 bridgehead atoms. The monoisotopic (exact) mass is 323 g/mol. The van der Waals surface area contributed by atoms with Crippen LogP contribution < -0.4 is 20.4 Å². The SMILES string of the molecule is Cc1cccc(C)c1B1C=C2C[n+]3ccccc3N2c2ccccc21. The van der Waals surface area contributed by atoms with E-state index in [4.69, 9.17) is 0 Å². The van der Waals surface area contributed by atoms with Gasteiger partial charge in [0.05, 0.1) is 6.20 Å². The van der Waals surface area contributed by atoms with Gasteiger partial charge in [0.25, 0.3) is 5.82 Å². The van der Waals surface area contributed by atoms with Gasteiger partial charge in [-0.15, -0.1) is 0 Å². The predicted molar refractivity (Wildman–Crippen MR) is 104 cm³/mol. The average molecular weight is 323 g/mol. The number of hydrogen-bond acceptors (Lipinski definition) is 1. The molecule has 0 aliphatic carbocycles. The van der Waals surface area contributed by atoms with E-state index in [1.165, 1.54) is 39.3 Å². The molecule has 0 saturated carbocycles. The number of anilines is 2. The fraction of sp³-hybridized carbons (Fsp3) is 0.136. The zero-order valence-electron chi connectivity index (χ0n) is 14.6. The van der Waals surface area contributed by atoms with Crippen LogP contribution in [0, 0.1) is 13.8 Å². The molecule has 0 saturated heterocycles. The van der Waals surface area contributed by atoms with E-state index in [2.05, 4.69) is 96.2 Å². The van der Waals surface area contributed by atoms with Gasteiger partial charge in [0.15, 0.2) is 6.54 Å². The molecule has 0 radical (unpaired) electrons. The summed E-state index contributed by atoms with van der Waals surface area (Å²) in [4.78, 5) is 2.42. The predicted octanol–water partition coefficient (Wildman–Crippen LogP) is 2.79. The van der Waals surface area contributed by atoms with Crippen LogP contribution in [0.5, 0.6) is 0 Å². The van der Waals surface area contributed by atoms with E-state index >= 15 is 0 Å². The van der Waals surface area contributed by atoms with Crippen LogP contribution in [0.4, 0.5) is 11.5 Å². The third kappa shape index (κ3) is 2.09. The second-order valence-corrected chi connectivity index (χ2v) is 7.02. The van der Waals surface area contributed by atoms with Gasteiger partial charge < -0.3 is 0 Å². The van der Waals surface area contributed by atoms with Crippen LogP contribution >= 0.6 is 0 Å². The van der Waals surface area contributed by atoms with Crippen LogP contribution in [-0.2, 0) is 6.54 Å². The van der Waals surface area contributed by atoms with Gasteiger partial charge in [0.2, 0.25) is 6.71 Å². The highest BCUT2D eigenvalue weighted by Gasteiger charge is 2.42. The summed E-state index contributed by atoms with van der Waals surface area (Å²) in [5.41, 5.74) is 8.26. The summed E-state index contributed by atoms with van der Waals surface area (Å²) in [5.74, 6) is 3.71. The van der Waals surface area contributed by atoms with Crippen LogP contribution in [0.3, 0.4) is 0 Å². The van der Waals surface area contributed by atoms with Gasteiger partial charge in [0.1, 0.15) is 11.4 Å². The smallest absolute Gasteiger partial charge is 0.226 e. The topological polar surface area (TPSA) is 7.12 Å². The molecule has 5 rings (SSSR count). The summed E-state index contributed by atoms with van der Waals surface area (Å²) < 4.78 is 2.33. The van der Waals surface area contributed by atoms with Crippen molar-refractivity contribution in [1.29, 1.82) is 0 Å². The number of aryl methyl sites for hydroxylation is 2. The molecule has 0 atom stereocenters. The van der Waals surface area contributed by atoms with Gasteiger partial charge in [0, 0.05) is 6.07 Å². The molecule has 0 spiro atoms. The minimum atomic E-state index is 0.318. The molecule has 3 heteroatoms. The first kappa shape index (κ1) is 14.5. The largest absolute Gasteiger partial charge is 0.287 e. The van der Waals surface area contributed by atoms with Crippen molar-refractivity contribution in [2.24, 2.45) is 0 Å². The Kier molecular flexibility index (Phi) is 3.11. The molecule has 2 aliphatic rings. The maximum absolute atomic E-state index is 2.46. The molecule has 25 heavy (non-hydrogen) atoms. The number of allylic oxidation sites excluding steroid dienone is 1. The highest BCUT2D eigenvalue weighted by Crippen LogP contribution is 2.33. The van der Waals surface area contributed by atoms with Gasteiger partial charge >= 0.3 is 0 Å². The van der Waals surface area contributed by atoms with E-state index in [9.17, 15) is 0 Å². The minimum absolute atomic E-state index is 0.318. The number of hydrogen-bond donors (Lipinski definition) is 0. The molecule has 0 N–H and O–H groups in total. The lowest BCUT2D eigenvalue weighted by molar-refractivity contribution is -0.667. The molecule has 3 aromatic rings. The highest BCUT2D eigenvalue weighted by atomic mass is 15.3. The first-order chi connectivity index (χ1) is 12.2. The molecule has 2 aromatic carbocycles. The van der Waals surface area contributed by atoms with Crippen molar-refractivity contribution >= 4 is 29.1 Å². The summed E-state index contributed by atoms with van der Waals surface area (Å²) in [5, 5.41) is 0. The Bertz CT molecular complexity index is 1000. The standard InChI is InChI=1S/C22H20BN2/c1-16-8-7-9-17(2)22(16)23-14-18-15-24-13-6-5-12-21(24)25(18)20-11-4-3-10-19(20)23/h3-14H,15H2,1-2H3/q+1. The average Bonchev–Trinajstić information content (AvgIpc) is 3.00. The summed E-state index contributed by atoms with van der Waals surface area (Å²) in [7, 11) is 0. The zero-order chi connectivity index (χ0) is 17.0. The van der Waals surface area contributed by atoms with Crippen LogP contribution in [0.1, 0.15) is 11.1 Å². The van der Waals surface area contributed by atoms with Gasteiger partial charge in [-0.3, -0.25) is 0 Å². The minimum Gasteiger partial charge on any atom is -0.226 e. The van der Waals surface area contributed by atoms with E-state index in [1.54, 1.807) is 0 Å². The molecular weight excluding hydrogens is 303 g/mol. The van der Waals surface area contributed by atoms with Crippen molar-refractivity contribution in [2.75, 3.05) is 4.90 Å². The molecule has 0 unspecified atom stereocenters. The maximum atomic E-state index is 2.46. The number of nitrogens with zero attached hydrogens (tertiary/aromatic N) is 2. The van der Waals surface area contributed by atoms with Gasteiger partial charge in [-0.1, -0.05) is 65.0 Å². The number of rotatable bonds is 1. The van der Waals surface area contributed by atoms with Crippen LogP contribution in [0.15, 0.2) is 78.5 Å². The van der Waals surface area contributed by atoms with Crippen LogP contribution in [0.25, 0.3) is 0 Å². The Morgan fingerprint density at radius 3 is 2.48 bits per heavy atom. The molecule has 3 heterocycles. The molecular formula is C22H20BN2+. The van der Waals surface area contributed by atoms with Gasteiger partial charge in [-0.05, 0) is 31.4 Å². The number of pyridine rings is 1.